The van der Waals surface area contributed by atoms with E-state index in [0.717, 1.165) is 5.52 Å². The Morgan fingerprint density at radius 2 is 2.13 bits per heavy atom. The lowest BCUT2D eigenvalue weighted by Crippen LogP contribution is -2.20. The zero-order chi connectivity index (χ0) is 10.8. The van der Waals surface area contributed by atoms with Crippen molar-refractivity contribution in [3.8, 4) is 0 Å². The molecule has 0 aliphatic rings. The van der Waals surface area contributed by atoms with E-state index in [2.05, 4.69) is 15.3 Å². The summed E-state index contributed by atoms with van der Waals surface area (Å²) in [5, 5.41) is 3.67. The predicted molar refractivity (Wildman–Crippen MR) is 59.8 cm³/mol. The predicted octanol–water partition coefficient (Wildman–Crippen LogP) is 1.20. The van der Waals surface area contributed by atoms with Gasteiger partial charge in [-0.2, -0.15) is 0 Å². The molecular weight excluding hydrogens is 190 g/mol. The highest BCUT2D eigenvalue weighted by molar-refractivity contribution is 5.77. The van der Waals surface area contributed by atoms with Gasteiger partial charge in [0, 0.05) is 0 Å². The van der Waals surface area contributed by atoms with Crippen LogP contribution in [0.1, 0.15) is 18.8 Å². The molecule has 15 heavy (non-hydrogen) atoms. The van der Waals surface area contributed by atoms with Gasteiger partial charge < -0.3 is 10.3 Å². The van der Waals surface area contributed by atoms with E-state index < -0.39 is 0 Å². The van der Waals surface area contributed by atoms with Crippen LogP contribution in [0.25, 0.3) is 10.9 Å². The normalized spacial score (nSPS) is 12.9. The topological polar surface area (TPSA) is 57.8 Å². The van der Waals surface area contributed by atoms with Crippen LogP contribution >= 0.6 is 0 Å². The molecule has 0 spiro atoms. The SMILES string of the molecule is CNC(C)c1nc2ccccc2c(=O)[nH]1. The van der Waals surface area contributed by atoms with Crippen LogP contribution in [0.15, 0.2) is 29.1 Å². The van der Waals surface area contributed by atoms with Gasteiger partial charge in [-0.1, -0.05) is 12.1 Å². The van der Waals surface area contributed by atoms with Gasteiger partial charge in [-0.3, -0.25) is 4.79 Å². The van der Waals surface area contributed by atoms with Crippen LogP contribution in [0.2, 0.25) is 0 Å². The first-order valence-electron chi connectivity index (χ1n) is 4.88. The Morgan fingerprint density at radius 1 is 1.40 bits per heavy atom. The van der Waals surface area contributed by atoms with Crippen molar-refractivity contribution in [2.45, 2.75) is 13.0 Å². The third-order valence-electron chi connectivity index (χ3n) is 2.47. The van der Waals surface area contributed by atoms with Crippen LogP contribution in [0.5, 0.6) is 0 Å². The molecule has 4 nitrogen and oxygen atoms in total. The van der Waals surface area contributed by atoms with Gasteiger partial charge in [0.2, 0.25) is 0 Å². The van der Waals surface area contributed by atoms with Crippen molar-refractivity contribution < 1.29 is 0 Å². The average Bonchev–Trinajstić information content (AvgIpc) is 2.28. The van der Waals surface area contributed by atoms with Crippen molar-refractivity contribution in [3.63, 3.8) is 0 Å². The second-order valence-corrected chi connectivity index (χ2v) is 3.48. The molecule has 2 rings (SSSR count). The number of H-pyrrole nitrogens is 1. The van der Waals surface area contributed by atoms with Crippen LogP contribution in [0.3, 0.4) is 0 Å². The van der Waals surface area contributed by atoms with E-state index >= 15 is 0 Å². The summed E-state index contributed by atoms with van der Waals surface area (Å²) in [6, 6.07) is 7.37. The zero-order valence-electron chi connectivity index (χ0n) is 8.74. The first-order valence-corrected chi connectivity index (χ1v) is 4.88. The standard InChI is InChI=1S/C11H13N3O/c1-7(12-2)10-13-9-6-4-3-5-8(9)11(15)14-10/h3-7,12H,1-2H3,(H,13,14,15). The number of aromatic amines is 1. The van der Waals surface area contributed by atoms with Crippen molar-refractivity contribution in [1.82, 2.24) is 15.3 Å². The molecule has 0 aliphatic carbocycles. The average molecular weight is 203 g/mol. The number of benzene rings is 1. The first kappa shape index (κ1) is 9.86. The van der Waals surface area contributed by atoms with Crippen LogP contribution in [-0.4, -0.2) is 17.0 Å². The molecule has 0 radical (unpaired) electrons. The van der Waals surface area contributed by atoms with Crippen molar-refractivity contribution in [3.05, 3.63) is 40.4 Å². The summed E-state index contributed by atoms with van der Waals surface area (Å²) in [6.07, 6.45) is 0. The quantitative estimate of drug-likeness (QED) is 0.771. The number of fused-ring (bicyclic) bond motifs is 1. The summed E-state index contributed by atoms with van der Waals surface area (Å²) in [5.74, 6) is 0.668. The van der Waals surface area contributed by atoms with E-state index in [1.807, 2.05) is 32.2 Å². The van der Waals surface area contributed by atoms with Gasteiger partial charge in [-0.05, 0) is 26.1 Å². The highest BCUT2D eigenvalue weighted by Gasteiger charge is 2.07. The molecule has 0 fully saturated rings. The molecule has 2 N–H and O–H groups in total. The van der Waals surface area contributed by atoms with Crippen LogP contribution < -0.4 is 10.9 Å². The maximum absolute atomic E-state index is 11.7. The minimum atomic E-state index is -0.0855. The van der Waals surface area contributed by atoms with Crippen molar-refractivity contribution in [1.29, 1.82) is 0 Å². The Hall–Kier alpha value is -1.68. The molecule has 1 aromatic carbocycles. The molecule has 1 aromatic heterocycles. The van der Waals surface area contributed by atoms with Crippen molar-refractivity contribution >= 4 is 10.9 Å². The van der Waals surface area contributed by atoms with Gasteiger partial charge >= 0.3 is 0 Å². The highest BCUT2D eigenvalue weighted by atomic mass is 16.1. The maximum atomic E-state index is 11.7. The summed E-state index contributed by atoms with van der Waals surface area (Å²) in [5.41, 5.74) is 0.649. The van der Waals surface area contributed by atoms with E-state index in [-0.39, 0.29) is 11.6 Å². The monoisotopic (exact) mass is 203 g/mol. The van der Waals surface area contributed by atoms with E-state index in [1.165, 1.54) is 0 Å². The summed E-state index contributed by atoms with van der Waals surface area (Å²) >= 11 is 0. The minimum Gasteiger partial charge on any atom is -0.311 e. The van der Waals surface area contributed by atoms with E-state index in [9.17, 15) is 4.79 Å². The van der Waals surface area contributed by atoms with Gasteiger partial charge in [0.05, 0.1) is 16.9 Å². The van der Waals surface area contributed by atoms with Crippen LogP contribution in [0.4, 0.5) is 0 Å². The molecule has 0 saturated heterocycles. The Balaban J connectivity index is 2.67. The van der Waals surface area contributed by atoms with Crippen molar-refractivity contribution in [2.75, 3.05) is 7.05 Å². The van der Waals surface area contributed by atoms with Gasteiger partial charge in [-0.15, -0.1) is 0 Å². The number of rotatable bonds is 2. The number of nitrogens with one attached hydrogen (secondary N) is 2. The minimum absolute atomic E-state index is 0.0438. The molecular formula is C11H13N3O. The van der Waals surface area contributed by atoms with Gasteiger partial charge in [0.1, 0.15) is 5.82 Å². The summed E-state index contributed by atoms with van der Waals surface area (Å²) in [6.45, 7) is 1.95. The molecule has 1 unspecified atom stereocenters. The lowest BCUT2D eigenvalue weighted by molar-refractivity contribution is 0.611. The Kier molecular flexibility index (Phi) is 2.51. The second kappa shape index (κ2) is 3.82. The Morgan fingerprint density at radius 3 is 2.87 bits per heavy atom. The number of nitrogens with zero attached hydrogens (tertiary/aromatic N) is 1. The number of hydrogen-bond acceptors (Lipinski definition) is 3. The lowest BCUT2D eigenvalue weighted by Gasteiger charge is -2.09. The number of aromatic nitrogens is 2. The highest BCUT2D eigenvalue weighted by Crippen LogP contribution is 2.09. The fourth-order valence-corrected chi connectivity index (χ4v) is 1.45. The summed E-state index contributed by atoms with van der Waals surface area (Å²) in [7, 11) is 1.83. The van der Waals surface area contributed by atoms with Gasteiger partial charge in [-0.25, -0.2) is 4.98 Å². The van der Waals surface area contributed by atoms with Crippen LogP contribution in [0, 0.1) is 0 Å². The van der Waals surface area contributed by atoms with Crippen LogP contribution in [-0.2, 0) is 0 Å². The second-order valence-electron chi connectivity index (χ2n) is 3.48. The Bertz CT molecular complexity index is 533. The van der Waals surface area contributed by atoms with E-state index in [0.29, 0.717) is 11.2 Å². The van der Waals surface area contributed by atoms with Gasteiger partial charge in [0.15, 0.2) is 0 Å². The molecule has 2 aromatic rings. The molecule has 0 bridgehead atoms. The largest absolute Gasteiger partial charge is 0.311 e. The Labute approximate surface area is 87.4 Å². The summed E-state index contributed by atoms with van der Waals surface area (Å²) < 4.78 is 0. The maximum Gasteiger partial charge on any atom is 0.258 e. The smallest absolute Gasteiger partial charge is 0.258 e. The third kappa shape index (κ3) is 1.76. The third-order valence-corrected chi connectivity index (χ3v) is 2.47. The molecule has 1 atom stereocenters. The summed E-state index contributed by atoms with van der Waals surface area (Å²) in [4.78, 5) is 18.9. The number of hydrogen-bond donors (Lipinski definition) is 2. The lowest BCUT2D eigenvalue weighted by atomic mass is 10.2. The fraction of sp³-hybridized carbons (Fsp3) is 0.273. The molecule has 4 heteroatoms. The number of para-hydroxylation sites is 1. The molecule has 1 heterocycles. The van der Waals surface area contributed by atoms with Crippen molar-refractivity contribution in [2.24, 2.45) is 0 Å². The van der Waals surface area contributed by atoms with Gasteiger partial charge in [0.25, 0.3) is 5.56 Å². The van der Waals surface area contributed by atoms with E-state index in [1.54, 1.807) is 6.07 Å². The van der Waals surface area contributed by atoms with E-state index in [4.69, 9.17) is 0 Å². The first-order chi connectivity index (χ1) is 7.22. The molecule has 78 valence electrons. The molecule has 0 aliphatic heterocycles. The molecule has 0 saturated carbocycles. The molecule has 0 amide bonds. The fourth-order valence-electron chi connectivity index (χ4n) is 1.45. The zero-order valence-corrected chi connectivity index (χ0v) is 8.74.